The number of hydrogen-bond acceptors (Lipinski definition) is 6. The summed E-state index contributed by atoms with van der Waals surface area (Å²) in [4.78, 5) is 49.2. The number of Topliss-reactive ketones (excluding diaryl/α,β-unsaturated/α-hetero) is 1. The van der Waals surface area contributed by atoms with E-state index in [0.717, 1.165) is 4.90 Å². The normalized spacial score (nSPS) is 17.9. The standard InChI is InChI=1S/C20H34N2O5S/c1-19(2,3)12-14(23)7-9-27-10-8-21-16(24)13-22-17(25)11-15(18(22)26)28-20(4,5)6/h15H,7-13H2,1-6H3,(H,21,24). The summed E-state index contributed by atoms with van der Waals surface area (Å²) in [5.41, 5.74) is -0.0279. The number of imide groups is 1. The van der Waals surface area contributed by atoms with Gasteiger partial charge in [-0.3, -0.25) is 24.1 Å². The number of nitrogens with zero attached hydrogens (tertiary/aromatic N) is 1. The van der Waals surface area contributed by atoms with Crippen LogP contribution in [-0.4, -0.2) is 64.7 Å². The van der Waals surface area contributed by atoms with Crippen LogP contribution in [0.5, 0.6) is 0 Å². The molecule has 0 radical (unpaired) electrons. The Labute approximate surface area is 172 Å². The predicted octanol–water partition coefficient (Wildman–Crippen LogP) is 2.17. The first-order chi connectivity index (χ1) is 12.8. The molecule has 0 aromatic heterocycles. The number of amides is 3. The van der Waals surface area contributed by atoms with E-state index in [1.165, 1.54) is 11.8 Å². The van der Waals surface area contributed by atoms with Crippen LogP contribution in [0.25, 0.3) is 0 Å². The molecule has 0 aliphatic carbocycles. The second kappa shape index (κ2) is 10.4. The lowest BCUT2D eigenvalue weighted by molar-refractivity contribution is -0.142. The number of ketones is 1. The third-order valence-electron chi connectivity index (χ3n) is 3.82. The van der Waals surface area contributed by atoms with Crippen LogP contribution in [0.3, 0.4) is 0 Å². The summed E-state index contributed by atoms with van der Waals surface area (Å²) >= 11 is 1.45. The summed E-state index contributed by atoms with van der Waals surface area (Å²) in [5.74, 6) is -0.843. The Morgan fingerprint density at radius 2 is 1.79 bits per heavy atom. The van der Waals surface area contributed by atoms with Crippen molar-refractivity contribution >= 4 is 35.3 Å². The van der Waals surface area contributed by atoms with Gasteiger partial charge in [0.2, 0.25) is 17.7 Å². The van der Waals surface area contributed by atoms with E-state index < -0.39 is 11.2 Å². The number of rotatable bonds is 10. The summed E-state index contributed by atoms with van der Waals surface area (Å²) in [6.45, 7) is 12.6. The average molecular weight is 415 g/mol. The second-order valence-corrected chi connectivity index (χ2v) is 11.3. The third-order valence-corrected chi connectivity index (χ3v) is 5.18. The molecule has 8 heteroatoms. The molecule has 3 amide bonds. The topological polar surface area (TPSA) is 92.8 Å². The van der Waals surface area contributed by atoms with Crippen LogP contribution < -0.4 is 5.32 Å². The van der Waals surface area contributed by atoms with Gasteiger partial charge < -0.3 is 10.1 Å². The molecule has 1 fully saturated rings. The molecule has 1 aliphatic heterocycles. The fourth-order valence-electron chi connectivity index (χ4n) is 2.77. The molecule has 1 N–H and O–H groups in total. The van der Waals surface area contributed by atoms with Gasteiger partial charge in [0, 0.05) is 30.6 Å². The molecule has 1 unspecified atom stereocenters. The molecule has 7 nitrogen and oxygen atoms in total. The van der Waals surface area contributed by atoms with Crippen LogP contribution in [0, 0.1) is 5.41 Å². The summed E-state index contributed by atoms with van der Waals surface area (Å²) in [7, 11) is 0. The zero-order valence-electron chi connectivity index (χ0n) is 17.9. The lowest BCUT2D eigenvalue weighted by Crippen LogP contribution is -2.42. The van der Waals surface area contributed by atoms with Crippen LogP contribution in [0.4, 0.5) is 0 Å². The third kappa shape index (κ3) is 9.68. The van der Waals surface area contributed by atoms with E-state index in [1.54, 1.807) is 0 Å². The molecule has 28 heavy (non-hydrogen) atoms. The zero-order valence-corrected chi connectivity index (χ0v) is 18.7. The first-order valence-corrected chi connectivity index (χ1v) is 10.5. The maximum absolute atomic E-state index is 12.4. The Hall–Kier alpha value is -1.41. The first kappa shape index (κ1) is 24.6. The summed E-state index contributed by atoms with van der Waals surface area (Å²) in [5, 5.41) is 2.22. The van der Waals surface area contributed by atoms with Gasteiger partial charge in [0.05, 0.1) is 18.5 Å². The lowest BCUT2D eigenvalue weighted by atomic mass is 9.89. The maximum atomic E-state index is 12.4. The highest BCUT2D eigenvalue weighted by Crippen LogP contribution is 2.34. The molecular formula is C20H34N2O5S. The Morgan fingerprint density at radius 3 is 2.36 bits per heavy atom. The van der Waals surface area contributed by atoms with Crippen LogP contribution in [0.15, 0.2) is 0 Å². The summed E-state index contributed by atoms with van der Waals surface area (Å²) in [6.07, 6.45) is 1.01. The van der Waals surface area contributed by atoms with E-state index in [-0.39, 0.29) is 53.9 Å². The fraction of sp³-hybridized carbons (Fsp3) is 0.800. The quantitative estimate of drug-likeness (QED) is 0.435. The van der Waals surface area contributed by atoms with Crippen LogP contribution in [-0.2, 0) is 23.9 Å². The van der Waals surface area contributed by atoms with E-state index in [2.05, 4.69) is 5.32 Å². The highest BCUT2D eigenvalue weighted by molar-refractivity contribution is 8.01. The van der Waals surface area contributed by atoms with E-state index in [1.807, 2.05) is 41.5 Å². The molecule has 1 rings (SSSR count). The minimum absolute atomic E-state index is 0.0279. The number of carbonyl (C=O) groups is 4. The smallest absolute Gasteiger partial charge is 0.243 e. The average Bonchev–Trinajstić information content (AvgIpc) is 2.74. The molecule has 0 aromatic rings. The highest BCUT2D eigenvalue weighted by Gasteiger charge is 2.41. The SMILES string of the molecule is CC(C)(C)CC(=O)CCOCCNC(=O)CN1C(=O)CC(SC(C)(C)C)C1=O. The second-order valence-electron chi connectivity index (χ2n) is 9.23. The minimum Gasteiger partial charge on any atom is -0.379 e. The van der Waals surface area contributed by atoms with Crippen LogP contribution >= 0.6 is 11.8 Å². The molecule has 0 saturated carbocycles. The number of likely N-dealkylation sites (tertiary alicyclic amines) is 1. The van der Waals surface area contributed by atoms with Crippen molar-refractivity contribution in [2.75, 3.05) is 26.3 Å². The van der Waals surface area contributed by atoms with Gasteiger partial charge in [0.1, 0.15) is 12.3 Å². The van der Waals surface area contributed by atoms with Crippen molar-refractivity contribution in [1.29, 1.82) is 0 Å². The Morgan fingerprint density at radius 1 is 1.14 bits per heavy atom. The first-order valence-electron chi connectivity index (χ1n) is 9.67. The Balaban J connectivity index is 2.24. The van der Waals surface area contributed by atoms with E-state index in [9.17, 15) is 19.2 Å². The molecular weight excluding hydrogens is 380 g/mol. The molecule has 1 heterocycles. The van der Waals surface area contributed by atoms with Gasteiger partial charge in [-0.1, -0.05) is 41.5 Å². The van der Waals surface area contributed by atoms with Gasteiger partial charge in [-0.2, -0.15) is 0 Å². The number of hydrogen-bond donors (Lipinski definition) is 1. The van der Waals surface area contributed by atoms with Gasteiger partial charge in [-0.15, -0.1) is 11.8 Å². The van der Waals surface area contributed by atoms with Gasteiger partial charge in [-0.25, -0.2) is 0 Å². The number of nitrogens with one attached hydrogen (secondary N) is 1. The molecule has 1 saturated heterocycles. The summed E-state index contributed by atoms with van der Waals surface area (Å²) < 4.78 is 5.23. The Kier molecular flexibility index (Phi) is 9.14. The lowest BCUT2D eigenvalue weighted by Gasteiger charge is -2.21. The number of carbonyl (C=O) groups excluding carboxylic acids is 4. The van der Waals surface area contributed by atoms with Crippen molar-refractivity contribution in [2.24, 2.45) is 5.41 Å². The van der Waals surface area contributed by atoms with Crippen molar-refractivity contribution in [1.82, 2.24) is 10.2 Å². The minimum atomic E-state index is -0.422. The van der Waals surface area contributed by atoms with Crippen molar-refractivity contribution in [3.63, 3.8) is 0 Å². The Bertz CT molecular complexity index is 592. The van der Waals surface area contributed by atoms with E-state index >= 15 is 0 Å². The van der Waals surface area contributed by atoms with Gasteiger partial charge >= 0.3 is 0 Å². The van der Waals surface area contributed by atoms with Crippen LogP contribution in [0.2, 0.25) is 0 Å². The molecule has 1 atom stereocenters. The van der Waals surface area contributed by atoms with Crippen molar-refractivity contribution in [3.05, 3.63) is 0 Å². The number of thioether (sulfide) groups is 1. The predicted molar refractivity (Wildman–Crippen MR) is 110 cm³/mol. The monoisotopic (exact) mass is 414 g/mol. The molecule has 160 valence electrons. The molecule has 1 aliphatic rings. The van der Waals surface area contributed by atoms with Crippen molar-refractivity contribution in [2.45, 2.75) is 70.8 Å². The zero-order chi connectivity index (χ0) is 21.5. The van der Waals surface area contributed by atoms with Crippen molar-refractivity contribution < 1.29 is 23.9 Å². The highest BCUT2D eigenvalue weighted by atomic mass is 32.2. The van der Waals surface area contributed by atoms with E-state index in [4.69, 9.17) is 4.74 Å². The maximum Gasteiger partial charge on any atom is 0.243 e. The van der Waals surface area contributed by atoms with Gasteiger partial charge in [0.15, 0.2) is 0 Å². The largest absolute Gasteiger partial charge is 0.379 e. The summed E-state index contributed by atoms with van der Waals surface area (Å²) in [6, 6.07) is 0. The molecule has 0 bridgehead atoms. The van der Waals surface area contributed by atoms with Crippen molar-refractivity contribution in [3.8, 4) is 0 Å². The molecule has 0 aromatic carbocycles. The van der Waals surface area contributed by atoms with Gasteiger partial charge in [0.25, 0.3) is 0 Å². The van der Waals surface area contributed by atoms with Gasteiger partial charge in [-0.05, 0) is 5.41 Å². The number of ether oxygens (including phenoxy) is 1. The fourth-order valence-corrected chi connectivity index (χ4v) is 4.08. The molecule has 0 spiro atoms. The van der Waals surface area contributed by atoms with E-state index in [0.29, 0.717) is 19.4 Å². The van der Waals surface area contributed by atoms with Crippen LogP contribution in [0.1, 0.15) is 60.8 Å².